The molecule has 0 spiro atoms. The molecule has 70 valence electrons. The SMILES string of the molecule is CNC(=O)c1ccc(CNO)cc1. The fraction of sp³-hybridized carbons (Fsp3) is 0.222. The number of carbonyl (C=O) groups is 1. The van der Waals surface area contributed by atoms with E-state index in [2.05, 4.69) is 5.32 Å². The number of benzene rings is 1. The second-order valence-corrected chi connectivity index (χ2v) is 2.61. The molecule has 1 amide bonds. The molecule has 0 aliphatic rings. The highest BCUT2D eigenvalue weighted by atomic mass is 16.5. The van der Waals surface area contributed by atoms with Crippen molar-refractivity contribution in [3.63, 3.8) is 0 Å². The van der Waals surface area contributed by atoms with Gasteiger partial charge in [0, 0.05) is 19.2 Å². The van der Waals surface area contributed by atoms with Crippen molar-refractivity contribution < 1.29 is 10.0 Å². The van der Waals surface area contributed by atoms with E-state index in [0.717, 1.165) is 5.56 Å². The monoisotopic (exact) mass is 180 g/mol. The first-order chi connectivity index (χ1) is 6.27. The Kier molecular flexibility index (Phi) is 3.42. The van der Waals surface area contributed by atoms with Crippen molar-refractivity contribution in [2.75, 3.05) is 7.05 Å². The van der Waals surface area contributed by atoms with E-state index in [1.165, 1.54) is 0 Å². The van der Waals surface area contributed by atoms with Crippen LogP contribution in [0.5, 0.6) is 0 Å². The van der Waals surface area contributed by atoms with E-state index >= 15 is 0 Å². The van der Waals surface area contributed by atoms with Gasteiger partial charge < -0.3 is 10.5 Å². The summed E-state index contributed by atoms with van der Waals surface area (Å²) in [6, 6.07) is 7.00. The molecule has 0 unspecified atom stereocenters. The average molecular weight is 180 g/mol. The summed E-state index contributed by atoms with van der Waals surface area (Å²) in [5, 5.41) is 10.9. The number of rotatable bonds is 3. The van der Waals surface area contributed by atoms with Crippen molar-refractivity contribution in [1.29, 1.82) is 0 Å². The lowest BCUT2D eigenvalue weighted by molar-refractivity contribution is 0.0963. The first-order valence-corrected chi connectivity index (χ1v) is 3.96. The van der Waals surface area contributed by atoms with Gasteiger partial charge in [-0.15, -0.1) is 0 Å². The van der Waals surface area contributed by atoms with Crippen LogP contribution in [0.4, 0.5) is 0 Å². The molecule has 0 aliphatic carbocycles. The van der Waals surface area contributed by atoms with Crippen LogP contribution < -0.4 is 10.8 Å². The third-order valence-electron chi connectivity index (χ3n) is 1.73. The Morgan fingerprint density at radius 1 is 1.38 bits per heavy atom. The van der Waals surface area contributed by atoms with E-state index in [9.17, 15) is 4.79 Å². The largest absolute Gasteiger partial charge is 0.355 e. The van der Waals surface area contributed by atoms with E-state index in [1.807, 2.05) is 5.48 Å². The summed E-state index contributed by atoms with van der Waals surface area (Å²) in [5.41, 5.74) is 3.59. The highest BCUT2D eigenvalue weighted by Crippen LogP contribution is 2.03. The molecule has 0 saturated heterocycles. The summed E-state index contributed by atoms with van der Waals surface area (Å²) < 4.78 is 0. The minimum atomic E-state index is -0.108. The van der Waals surface area contributed by atoms with Crippen molar-refractivity contribution in [2.24, 2.45) is 0 Å². The predicted molar refractivity (Wildman–Crippen MR) is 48.5 cm³/mol. The number of hydrogen-bond donors (Lipinski definition) is 3. The van der Waals surface area contributed by atoms with Gasteiger partial charge in [0.05, 0.1) is 0 Å². The van der Waals surface area contributed by atoms with E-state index in [4.69, 9.17) is 5.21 Å². The summed E-state index contributed by atoms with van der Waals surface area (Å²) >= 11 is 0. The Morgan fingerprint density at radius 3 is 2.46 bits per heavy atom. The van der Waals surface area contributed by atoms with Crippen LogP contribution >= 0.6 is 0 Å². The van der Waals surface area contributed by atoms with Crippen molar-refractivity contribution in [3.8, 4) is 0 Å². The Morgan fingerprint density at radius 2 is 2.00 bits per heavy atom. The Hall–Kier alpha value is -1.39. The Labute approximate surface area is 76.5 Å². The maximum absolute atomic E-state index is 11.1. The normalized spacial score (nSPS) is 9.69. The molecule has 0 fully saturated rings. The number of hydroxylamine groups is 1. The molecule has 4 nitrogen and oxygen atoms in total. The molecule has 1 aromatic carbocycles. The van der Waals surface area contributed by atoms with E-state index in [0.29, 0.717) is 12.1 Å². The van der Waals surface area contributed by atoms with Crippen molar-refractivity contribution in [2.45, 2.75) is 6.54 Å². The highest BCUT2D eigenvalue weighted by Gasteiger charge is 2.01. The number of carbonyl (C=O) groups excluding carboxylic acids is 1. The van der Waals surface area contributed by atoms with E-state index in [1.54, 1.807) is 31.3 Å². The zero-order chi connectivity index (χ0) is 9.68. The lowest BCUT2D eigenvalue weighted by Gasteiger charge is -2.01. The lowest BCUT2D eigenvalue weighted by atomic mass is 10.1. The molecule has 3 N–H and O–H groups in total. The van der Waals surface area contributed by atoms with Gasteiger partial charge in [-0.1, -0.05) is 12.1 Å². The van der Waals surface area contributed by atoms with Crippen LogP contribution in [0.3, 0.4) is 0 Å². The van der Waals surface area contributed by atoms with E-state index in [-0.39, 0.29) is 5.91 Å². The highest BCUT2D eigenvalue weighted by molar-refractivity contribution is 5.93. The molecule has 1 aromatic rings. The quantitative estimate of drug-likeness (QED) is 0.594. The molecule has 0 heterocycles. The number of hydrogen-bond acceptors (Lipinski definition) is 3. The lowest BCUT2D eigenvalue weighted by Crippen LogP contribution is -2.17. The van der Waals surface area contributed by atoms with Gasteiger partial charge >= 0.3 is 0 Å². The molecule has 1 rings (SSSR count). The van der Waals surface area contributed by atoms with Crippen LogP contribution in [-0.4, -0.2) is 18.2 Å². The fourth-order valence-corrected chi connectivity index (χ4v) is 1.01. The van der Waals surface area contributed by atoms with Gasteiger partial charge in [0.25, 0.3) is 5.91 Å². The second-order valence-electron chi connectivity index (χ2n) is 2.61. The molecule has 0 atom stereocenters. The number of amides is 1. The van der Waals surface area contributed by atoms with Gasteiger partial charge in [0.1, 0.15) is 0 Å². The third-order valence-corrected chi connectivity index (χ3v) is 1.73. The van der Waals surface area contributed by atoms with Gasteiger partial charge in [0.15, 0.2) is 0 Å². The topological polar surface area (TPSA) is 61.4 Å². The minimum absolute atomic E-state index is 0.108. The van der Waals surface area contributed by atoms with Crippen LogP contribution in [0, 0.1) is 0 Å². The van der Waals surface area contributed by atoms with Crippen LogP contribution in [0.25, 0.3) is 0 Å². The fourth-order valence-electron chi connectivity index (χ4n) is 1.01. The maximum Gasteiger partial charge on any atom is 0.251 e. The molecule has 0 saturated carbocycles. The number of nitrogens with one attached hydrogen (secondary N) is 2. The van der Waals surface area contributed by atoms with Crippen molar-refractivity contribution in [3.05, 3.63) is 35.4 Å². The summed E-state index contributed by atoms with van der Waals surface area (Å²) in [5.74, 6) is -0.108. The standard InChI is InChI=1S/C9H12N2O2/c1-10-9(12)8-4-2-7(3-5-8)6-11-13/h2-5,11,13H,6H2,1H3,(H,10,12). The predicted octanol–water partition coefficient (Wildman–Crippen LogP) is 0.525. The minimum Gasteiger partial charge on any atom is -0.355 e. The molecular formula is C9H12N2O2. The zero-order valence-electron chi connectivity index (χ0n) is 7.37. The molecule has 0 radical (unpaired) electrons. The van der Waals surface area contributed by atoms with Crippen LogP contribution in [0.15, 0.2) is 24.3 Å². The van der Waals surface area contributed by atoms with Gasteiger partial charge in [-0.2, -0.15) is 0 Å². The average Bonchev–Trinajstić information content (AvgIpc) is 2.18. The molecule has 4 heteroatoms. The molecule has 13 heavy (non-hydrogen) atoms. The first kappa shape index (κ1) is 9.70. The van der Waals surface area contributed by atoms with E-state index < -0.39 is 0 Å². The zero-order valence-corrected chi connectivity index (χ0v) is 7.37. The summed E-state index contributed by atoms with van der Waals surface area (Å²) in [6.45, 7) is 0.383. The molecule has 0 aliphatic heterocycles. The summed E-state index contributed by atoms with van der Waals surface area (Å²) in [4.78, 5) is 11.1. The molecule has 0 bridgehead atoms. The van der Waals surface area contributed by atoms with Gasteiger partial charge in [-0.3, -0.25) is 4.79 Å². The molecule has 0 aromatic heterocycles. The summed E-state index contributed by atoms with van der Waals surface area (Å²) in [6.07, 6.45) is 0. The van der Waals surface area contributed by atoms with Crippen LogP contribution in [-0.2, 0) is 6.54 Å². The van der Waals surface area contributed by atoms with Gasteiger partial charge in [-0.25, -0.2) is 5.48 Å². The van der Waals surface area contributed by atoms with Gasteiger partial charge in [0.2, 0.25) is 0 Å². The van der Waals surface area contributed by atoms with Gasteiger partial charge in [-0.05, 0) is 17.7 Å². The molecular weight excluding hydrogens is 168 g/mol. The van der Waals surface area contributed by atoms with Crippen molar-refractivity contribution >= 4 is 5.91 Å². The van der Waals surface area contributed by atoms with Crippen molar-refractivity contribution in [1.82, 2.24) is 10.8 Å². The first-order valence-electron chi connectivity index (χ1n) is 3.96. The Bertz CT molecular complexity index is 282. The smallest absolute Gasteiger partial charge is 0.251 e. The Balaban J connectivity index is 2.75. The second kappa shape index (κ2) is 4.59. The maximum atomic E-state index is 11.1. The van der Waals surface area contributed by atoms with Crippen LogP contribution in [0.1, 0.15) is 15.9 Å². The third kappa shape index (κ3) is 2.54. The summed E-state index contributed by atoms with van der Waals surface area (Å²) in [7, 11) is 1.59. The van der Waals surface area contributed by atoms with Crippen LogP contribution in [0.2, 0.25) is 0 Å².